The fourth-order valence-electron chi connectivity index (χ4n) is 7.99. The fourth-order valence-corrected chi connectivity index (χ4v) is 9.19. The van der Waals surface area contributed by atoms with E-state index in [-0.39, 0.29) is 17.3 Å². The first-order valence-electron chi connectivity index (χ1n) is 19.2. The number of nitrogens with zero attached hydrogens (tertiary/aromatic N) is 5. The number of aromatic nitrogens is 4. The Morgan fingerprint density at radius 2 is 1.56 bits per heavy atom. The average Bonchev–Trinajstić information content (AvgIpc) is 3.58. The van der Waals surface area contributed by atoms with Crippen LogP contribution in [-0.2, 0) is 10.0 Å². The molecule has 2 aromatic heterocycles. The number of allylic oxidation sites excluding steroid dienone is 4. The lowest BCUT2D eigenvalue weighted by molar-refractivity contribution is 0.269. The number of likely N-dealkylation sites (tertiary alicyclic amines) is 1. The molecule has 3 heterocycles. The highest BCUT2D eigenvalue weighted by Gasteiger charge is 2.28. The van der Waals surface area contributed by atoms with Crippen molar-refractivity contribution in [2.75, 3.05) is 30.2 Å². The van der Waals surface area contributed by atoms with E-state index in [0.29, 0.717) is 23.1 Å². The third-order valence-corrected chi connectivity index (χ3v) is 12.4. The zero-order valence-electron chi connectivity index (χ0n) is 30.7. The summed E-state index contributed by atoms with van der Waals surface area (Å²) in [5.74, 6) is -2.49. The molecule has 3 aliphatic rings. The van der Waals surface area contributed by atoms with Crippen molar-refractivity contribution in [2.45, 2.75) is 94.4 Å². The van der Waals surface area contributed by atoms with Gasteiger partial charge in [-0.05, 0) is 120 Å². The van der Waals surface area contributed by atoms with Gasteiger partial charge < -0.3 is 10.2 Å². The molecule has 13 heteroatoms. The molecule has 7 rings (SSSR count). The number of hydrogen-bond donors (Lipinski definition) is 2. The summed E-state index contributed by atoms with van der Waals surface area (Å²) in [4.78, 5) is 10.7. The van der Waals surface area contributed by atoms with Gasteiger partial charge in [0.05, 0.1) is 17.4 Å². The molecule has 54 heavy (non-hydrogen) atoms. The van der Waals surface area contributed by atoms with Crippen LogP contribution in [0.25, 0.3) is 22.5 Å². The van der Waals surface area contributed by atoms with E-state index in [1.165, 1.54) is 56.0 Å². The Kier molecular flexibility index (Phi) is 11.8. The van der Waals surface area contributed by atoms with Crippen molar-refractivity contribution >= 4 is 21.7 Å². The maximum absolute atomic E-state index is 16.4. The third kappa shape index (κ3) is 8.73. The highest BCUT2D eigenvalue weighted by molar-refractivity contribution is 7.92. The molecule has 2 aliphatic carbocycles. The molecule has 2 aromatic carbocycles. The smallest absolute Gasteiger partial charge is 0.267 e. The van der Waals surface area contributed by atoms with Gasteiger partial charge in [0.1, 0.15) is 17.3 Å². The van der Waals surface area contributed by atoms with E-state index >= 15 is 4.39 Å². The van der Waals surface area contributed by atoms with Crippen molar-refractivity contribution in [2.24, 2.45) is 5.92 Å². The van der Waals surface area contributed by atoms with Crippen LogP contribution in [0.4, 0.5) is 24.8 Å². The van der Waals surface area contributed by atoms with Crippen molar-refractivity contribution in [3.63, 3.8) is 0 Å². The van der Waals surface area contributed by atoms with Crippen LogP contribution in [0.3, 0.4) is 0 Å². The van der Waals surface area contributed by atoms with Crippen LogP contribution in [-0.4, -0.2) is 53.2 Å². The molecule has 0 amide bonds. The van der Waals surface area contributed by atoms with Gasteiger partial charge in [-0.15, -0.1) is 0 Å². The van der Waals surface area contributed by atoms with Crippen LogP contribution >= 0.6 is 0 Å². The number of halogens is 3. The first kappa shape index (κ1) is 37.8. The molecule has 1 aliphatic heterocycles. The minimum Gasteiger partial charge on any atom is -0.328 e. The van der Waals surface area contributed by atoms with Gasteiger partial charge in [0.2, 0.25) is 5.95 Å². The molecule has 1 unspecified atom stereocenters. The molecule has 9 nitrogen and oxygen atoms in total. The van der Waals surface area contributed by atoms with Crippen LogP contribution in [0.15, 0.2) is 83.2 Å². The molecule has 2 N–H and O–H groups in total. The Morgan fingerprint density at radius 1 is 0.796 bits per heavy atom. The fraction of sp³-hybridized carbons (Fsp3) is 0.439. The minimum absolute atomic E-state index is 0.0164. The highest BCUT2D eigenvalue weighted by atomic mass is 32.2. The van der Waals surface area contributed by atoms with E-state index in [0.717, 1.165) is 88.2 Å². The summed E-state index contributed by atoms with van der Waals surface area (Å²) >= 11 is 0. The van der Waals surface area contributed by atoms with Gasteiger partial charge in [-0.25, -0.2) is 31.6 Å². The van der Waals surface area contributed by atoms with Crippen molar-refractivity contribution in [1.29, 1.82) is 0 Å². The summed E-state index contributed by atoms with van der Waals surface area (Å²) in [5, 5.41) is 8.34. The van der Waals surface area contributed by atoms with Gasteiger partial charge in [-0.2, -0.15) is 5.10 Å². The Balaban J connectivity index is 1.20. The van der Waals surface area contributed by atoms with Gasteiger partial charge in [0.15, 0.2) is 10.7 Å². The van der Waals surface area contributed by atoms with Crippen LogP contribution in [0.2, 0.25) is 0 Å². The van der Waals surface area contributed by atoms with Gasteiger partial charge in [-0.3, -0.25) is 9.40 Å². The van der Waals surface area contributed by atoms with E-state index < -0.39 is 38.1 Å². The largest absolute Gasteiger partial charge is 0.328 e. The van der Waals surface area contributed by atoms with Gasteiger partial charge >= 0.3 is 0 Å². The summed E-state index contributed by atoms with van der Waals surface area (Å²) in [6.45, 7) is 2.29. The topological polar surface area (TPSA) is 105 Å². The van der Waals surface area contributed by atoms with Crippen molar-refractivity contribution in [3.05, 3.63) is 95.7 Å². The molecule has 4 aromatic rings. The molecular weight excluding hydrogens is 712 g/mol. The first-order chi connectivity index (χ1) is 26.2. The number of nitrogens with one attached hydrogen (secondary N) is 2. The minimum atomic E-state index is -4.82. The Labute approximate surface area is 315 Å². The second-order valence-electron chi connectivity index (χ2n) is 14.8. The lowest BCUT2D eigenvalue weighted by atomic mass is 9.85. The molecule has 2 fully saturated rings. The number of benzene rings is 2. The number of hydrogen-bond acceptors (Lipinski definition) is 7. The molecular formula is C41H48F3N7O2S. The predicted octanol–water partition coefficient (Wildman–Crippen LogP) is 9.65. The SMILES string of the molecule is CN1CCCCC(/C2=C/C=C(/Nc3nccc(-c4cn(C5CCCCC5)nc4-c4cccc(NS(=O)(=O)c5c(F)cccc5F)c4F)n3)CCCC2)CC1. The highest BCUT2D eigenvalue weighted by Crippen LogP contribution is 2.38. The second kappa shape index (κ2) is 16.9. The lowest BCUT2D eigenvalue weighted by Gasteiger charge is -2.28. The standard InChI is InChI=1S/C41H48F3N7O2S/c1-50-25-8-7-12-29(23-26-50)28-11-5-6-13-30(21-20-28)46-41-45-24-22-36(47-41)33-27-51(31-14-3-2-4-15-31)48-39(33)32-16-9-19-37(38(32)44)49-54(52,53)40-34(42)17-10-18-35(40)43/h9-10,16-22,24,27,29,31,49H,2-8,11-15,23,25-26H2,1H3,(H,45,46,47)/b28-20+,30-21+. The van der Waals surface area contributed by atoms with Crippen LogP contribution in [0.1, 0.15) is 89.5 Å². The van der Waals surface area contributed by atoms with Gasteiger partial charge in [0, 0.05) is 29.2 Å². The van der Waals surface area contributed by atoms with Crippen LogP contribution < -0.4 is 10.0 Å². The predicted molar refractivity (Wildman–Crippen MR) is 206 cm³/mol. The number of sulfonamides is 1. The van der Waals surface area contributed by atoms with Crippen molar-refractivity contribution in [1.82, 2.24) is 24.6 Å². The van der Waals surface area contributed by atoms with E-state index in [2.05, 4.69) is 39.1 Å². The summed E-state index contributed by atoms with van der Waals surface area (Å²) in [5.41, 5.74) is 3.43. The van der Waals surface area contributed by atoms with E-state index in [9.17, 15) is 17.2 Å². The molecule has 0 spiro atoms. The molecule has 0 bridgehead atoms. The van der Waals surface area contributed by atoms with E-state index in [1.54, 1.807) is 12.3 Å². The second-order valence-corrected chi connectivity index (χ2v) is 16.4. The molecule has 1 saturated carbocycles. The number of rotatable bonds is 9. The summed E-state index contributed by atoms with van der Waals surface area (Å²) in [7, 11) is -2.60. The third-order valence-electron chi connectivity index (χ3n) is 11.0. The van der Waals surface area contributed by atoms with Crippen LogP contribution in [0.5, 0.6) is 0 Å². The normalized spacial score (nSPS) is 21.4. The first-order valence-corrected chi connectivity index (χ1v) is 20.7. The summed E-state index contributed by atoms with van der Waals surface area (Å²) in [6.07, 6.45) is 22.2. The summed E-state index contributed by atoms with van der Waals surface area (Å²) < 4.78 is 75.5. The molecule has 1 saturated heterocycles. The lowest BCUT2D eigenvalue weighted by Crippen LogP contribution is -2.26. The van der Waals surface area contributed by atoms with Crippen LogP contribution in [0, 0.1) is 23.4 Å². The maximum Gasteiger partial charge on any atom is 0.267 e. The zero-order valence-corrected chi connectivity index (χ0v) is 31.5. The van der Waals surface area contributed by atoms with Gasteiger partial charge in [0.25, 0.3) is 10.0 Å². The molecule has 0 radical (unpaired) electrons. The van der Waals surface area contributed by atoms with Crippen molar-refractivity contribution < 1.29 is 21.6 Å². The molecule has 286 valence electrons. The zero-order chi connectivity index (χ0) is 37.7. The molecule has 1 atom stereocenters. The maximum atomic E-state index is 16.4. The van der Waals surface area contributed by atoms with Crippen molar-refractivity contribution in [3.8, 4) is 22.5 Å². The Morgan fingerprint density at radius 3 is 2.37 bits per heavy atom. The monoisotopic (exact) mass is 759 g/mol. The van der Waals surface area contributed by atoms with E-state index in [1.807, 2.05) is 10.9 Å². The average molecular weight is 760 g/mol. The Hall–Kier alpha value is -4.49. The quantitative estimate of drug-likeness (QED) is 0.175. The van der Waals surface area contributed by atoms with E-state index in [4.69, 9.17) is 10.1 Å². The number of anilines is 2. The van der Waals surface area contributed by atoms with Gasteiger partial charge in [-0.1, -0.05) is 49.5 Å². The summed E-state index contributed by atoms with van der Waals surface area (Å²) in [6, 6.07) is 8.77. The Bertz CT molecular complexity index is 2110.